The summed E-state index contributed by atoms with van der Waals surface area (Å²) in [6.45, 7) is 1.86. The molecule has 0 aliphatic carbocycles. The minimum Gasteiger partial charge on any atom is -0.496 e. The van der Waals surface area contributed by atoms with Crippen LogP contribution in [0.5, 0.6) is 5.75 Å². The predicted octanol–water partition coefficient (Wildman–Crippen LogP) is 2.99. The number of imidazole rings is 1. The SMILES string of the molecule is COc1ccc(F)cc1-c1nc(CCC#N)[nH]c1C. The van der Waals surface area contributed by atoms with Crippen LogP contribution < -0.4 is 4.74 Å². The predicted molar refractivity (Wildman–Crippen MR) is 69.2 cm³/mol. The lowest BCUT2D eigenvalue weighted by Gasteiger charge is -2.06. The Balaban J connectivity index is 2.44. The third-order valence-electron chi connectivity index (χ3n) is 2.82. The molecule has 19 heavy (non-hydrogen) atoms. The van der Waals surface area contributed by atoms with E-state index in [-0.39, 0.29) is 5.82 Å². The first-order valence-electron chi connectivity index (χ1n) is 5.92. The van der Waals surface area contributed by atoms with E-state index in [2.05, 4.69) is 16.0 Å². The van der Waals surface area contributed by atoms with Gasteiger partial charge in [0.1, 0.15) is 17.4 Å². The zero-order valence-electron chi connectivity index (χ0n) is 10.8. The number of hydrogen-bond donors (Lipinski definition) is 1. The molecule has 1 heterocycles. The summed E-state index contributed by atoms with van der Waals surface area (Å²) >= 11 is 0. The topological polar surface area (TPSA) is 61.7 Å². The lowest BCUT2D eigenvalue weighted by Crippen LogP contribution is -1.91. The minimum atomic E-state index is -0.336. The average molecular weight is 259 g/mol. The summed E-state index contributed by atoms with van der Waals surface area (Å²) in [6.07, 6.45) is 0.946. The number of hydrogen-bond acceptors (Lipinski definition) is 3. The van der Waals surface area contributed by atoms with Crippen LogP contribution in [0.25, 0.3) is 11.3 Å². The molecule has 98 valence electrons. The molecule has 1 N–H and O–H groups in total. The van der Waals surface area contributed by atoms with Crippen molar-refractivity contribution in [3.63, 3.8) is 0 Å². The molecule has 0 radical (unpaired) electrons. The molecule has 1 aromatic heterocycles. The van der Waals surface area contributed by atoms with Gasteiger partial charge in [0.05, 0.1) is 18.9 Å². The van der Waals surface area contributed by atoms with Gasteiger partial charge in [0.2, 0.25) is 0 Å². The fraction of sp³-hybridized carbons (Fsp3) is 0.286. The number of nitrogens with zero attached hydrogens (tertiary/aromatic N) is 2. The number of aromatic amines is 1. The number of rotatable bonds is 4. The summed E-state index contributed by atoms with van der Waals surface area (Å²) in [5.41, 5.74) is 2.10. The zero-order valence-corrected chi connectivity index (χ0v) is 10.8. The second kappa shape index (κ2) is 5.53. The Labute approximate surface area is 110 Å². The average Bonchev–Trinajstić information content (AvgIpc) is 2.77. The van der Waals surface area contributed by atoms with Crippen LogP contribution in [0.15, 0.2) is 18.2 Å². The van der Waals surface area contributed by atoms with Gasteiger partial charge >= 0.3 is 0 Å². The molecule has 2 aromatic rings. The molecule has 0 saturated carbocycles. The highest BCUT2D eigenvalue weighted by Crippen LogP contribution is 2.31. The van der Waals surface area contributed by atoms with Gasteiger partial charge in [-0.2, -0.15) is 5.26 Å². The number of H-pyrrole nitrogens is 1. The maximum atomic E-state index is 13.4. The largest absolute Gasteiger partial charge is 0.496 e. The Bertz CT molecular complexity index is 628. The summed E-state index contributed by atoms with van der Waals surface area (Å²) in [5.74, 6) is 0.958. The number of aryl methyl sites for hydroxylation is 2. The van der Waals surface area contributed by atoms with Crippen molar-refractivity contribution in [2.45, 2.75) is 19.8 Å². The van der Waals surface area contributed by atoms with E-state index in [4.69, 9.17) is 10.00 Å². The van der Waals surface area contributed by atoms with Gasteiger partial charge in [-0.25, -0.2) is 9.37 Å². The molecule has 0 bridgehead atoms. The molecule has 0 aliphatic rings. The summed E-state index contributed by atoms with van der Waals surface area (Å²) in [4.78, 5) is 7.52. The Morgan fingerprint density at radius 3 is 2.95 bits per heavy atom. The van der Waals surface area contributed by atoms with Gasteiger partial charge in [-0.1, -0.05) is 0 Å². The van der Waals surface area contributed by atoms with Crippen LogP contribution in [0.1, 0.15) is 17.9 Å². The van der Waals surface area contributed by atoms with Crippen molar-refractivity contribution >= 4 is 0 Å². The molecule has 0 saturated heterocycles. The van der Waals surface area contributed by atoms with Gasteiger partial charge in [-0.3, -0.25) is 0 Å². The summed E-state index contributed by atoms with van der Waals surface area (Å²) in [6, 6.07) is 6.40. The first kappa shape index (κ1) is 13.1. The summed E-state index contributed by atoms with van der Waals surface area (Å²) in [5, 5.41) is 8.58. The van der Waals surface area contributed by atoms with Crippen LogP contribution >= 0.6 is 0 Å². The zero-order chi connectivity index (χ0) is 13.8. The molecule has 4 nitrogen and oxygen atoms in total. The van der Waals surface area contributed by atoms with Crippen LogP contribution in [0, 0.1) is 24.1 Å². The molecule has 0 aliphatic heterocycles. The van der Waals surface area contributed by atoms with Crippen molar-refractivity contribution in [1.82, 2.24) is 9.97 Å². The van der Waals surface area contributed by atoms with Crippen LogP contribution in [0.2, 0.25) is 0 Å². The van der Waals surface area contributed by atoms with E-state index < -0.39 is 0 Å². The van der Waals surface area contributed by atoms with Crippen molar-refractivity contribution in [2.24, 2.45) is 0 Å². The highest BCUT2D eigenvalue weighted by Gasteiger charge is 2.14. The Hall–Kier alpha value is -2.35. The van der Waals surface area contributed by atoms with E-state index in [0.717, 1.165) is 11.5 Å². The number of nitrogens with one attached hydrogen (secondary N) is 1. The van der Waals surface area contributed by atoms with Gasteiger partial charge < -0.3 is 9.72 Å². The van der Waals surface area contributed by atoms with E-state index in [1.54, 1.807) is 6.07 Å². The highest BCUT2D eigenvalue weighted by atomic mass is 19.1. The molecule has 5 heteroatoms. The Kier molecular flexibility index (Phi) is 3.81. The maximum Gasteiger partial charge on any atom is 0.128 e. The van der Waals surface area contributed by atoms with Gasteiger partial charge in [0.25, 0.3) is 0 Å². The number of nitriles is 1. The maximum absolute atomic E-state index is 13.4. The molecule has 0 unspecified atom stereocenters. The Morgan fingerprint density at radius 2 is 2.26 bits per heavy atom. The second-order valence-electron chi connectivity index (χ2n) is 4.16. The quantitative estimate of drug-likeness (QED) is 0.918. The number of ether oxygens (including phenoxy) is 1. The third kappa shape index (κ3) is 2.74. The number of aromatic nitrogens is 2. The standard InChI is InChI=1S/C14H14FN3O/c1-9-14(18-13(17-9)4-3-7-16)11-8-10(15)5-6-12(11)19-2/h5-6,8H,3-4H2,1-2H3,(H,17,18). The smallest absolute Gasteiger partial charge is 0.128 e. The molecule has 1 aromatic carbocycles. The van der Waals surface area contributed by atoms with Crippen molar-refractivity contribution in [3.8, 4) is 23.1 Å². The number of benzene rings is 1. The third-order valence-corrected chi connectivity index (χ3v) is 2.82. The lowest BCUT2D eigenvalue weighted by molar-refractivity contribution is 0.415. The van der Waals surface area contributed by atoms with Gasteiger partial charge in [-0.15, -0.1) is 0 Å². The second-order valence-corrected chi connectivity index (χ2v) is 4.16. The fourth-order valence-corrected chi connectivity index (χ4v) is 1.94. The van der Waals surface area contributed by atoms with Gasteiger partial charge in [-0.05, 0) is 25.1 Å². The Morgan fingerprint density at radius 1 is 1.47 bits per heavy atom. The number of methoxy groups -OCH3 is 1. The first-order chi connectivity index (χ1) is 9.15. The minimum absolute atomic E-state index is 0.336. The van der Waals surface area contributed by atoms with Gasteiger partial charge in [0.15, 0.2) is 0 Å². The molecular formula is C14H14FN3O. The normalized spacial score (nSPS) is 10.2. The van der Waals surface area contributed by atoms with E-state index >= 15 is 0 Å². The molecular weight excluding hydrogens is 245 g/mol. The van der Waals surface area contributed by atoms with Crippen molar-refractivity contribution in [2.75, 3.05) is 7.11 Å². The van der Waals surface area contributed by atoms with E-state index in [9.17, 15) is 4.39 Å². The fourth-order valence-electron chi connectivity index (χ4n) is 1.94. The van der Waals surface area contributed by atoms with E-state index in [1.807, 2.05) is 6.92 Å². The first-order valence-corrected chi connectivity index (χ1v) is 5.92. The van der Waals surface area contributed by atoms with Crippen molar-refractivity contribution < 1.29 is 9.13 Å². The lowest BCUT2D eigenvalue weighted by atomic mass is 10.1. The summed E-state index contributed by atoms with van der Waals surface area (Å²) in [7, 11) is 1.54. The van der Waals surface area contributed by atoms with E-state index in [0.29, 0.717) is 29.8 Å². The van der Waals surface area contributed by atoms with Crippen molar-refractivity contribution in [1.29, 1.82) is 5.26 Å². The van der Waals surface area contributed by atoms with Crippen LogP contribution in [0.4, 0.5) is 4.39 Å². The molecule has 0 atom stereocenters. The van der Waals surface area contributed by atoms with Crippen LogP contribution in [-0.2, 0) is 6.42 Å². The monoisotopic (exact) mass is 259 g/mol. The van der Waals surface area contributed by atoms with Crippen LogP contribution in [-0.4, -0.2) is 17.1 Å². The molecule has 0 amide bonds. The number of halogens is 1. The highest BCUT2D eigenvalue weighted by molar-refractivity contribution is 5.69. The van der Waals surface area contributed by atoms with Crippen molar-refractivity contribution in [3.05, 3.63) is 35.5 Å². The molecule has 2 rings (SSSR count). The molecule has 0 fully saturated rings. The molecule has 0 spiro atoms. The van der Waals surface area contributed by atoms with E-state index in [1.165, 1.54) is 19.2 Å². The summed E-state index contributed by atoms with van der Waals surface area (Å²) < 4.78 is 18.6. The van der Waals surface area contributed by atoms with Crippen LogP contribution in [0.3, 0.4) is 0 Å². The van der Waals surface area contributed by atoms with Gasteiger partial charge in [0, 0.05) is 24.1 Å².